The van der Waals surface area contributed by atoms with E-state index in [1.165, 1.54) is 0 Å². The highest BCUT2D eigenvalue weighted by Gasteiger charge is 2.06. The Balaban J connectivity index is 3.48. The van der Waals surface area contributed by atoms with Crippen LogP contribution < -0.4 is 5.32 Å². The minimum absolute atomic E-state index is 1.08. The van der Waals surface area contributed by atoms with Crippen molar-refractivity contribution in [2.45, 2.75) is 6.92 Å². The second-order valence-corrected chi connectivity index (χ2v) is 3.37. The smallest absolute Gasteiger partial charge is 0.0506 e. The molecule has 0 aliphatic carbocycles. The van der Waals surface area contributed by atoms with Gasteiger partial charge in [-0.15, -0.1) is 0 Å². The summed E-state index contributed by atoms with van der Waals surface area (Å²) in [6.45, 7) is 5.84. The molecule has 16 heavy (non-hydrogen) atoms. The van der Waals surface area contributed by atoms with Gasteiger partial charge >= 0.3 is 0 Å². The van der Waals surface area contributed by atoms with E-state index in [1.54, 1.807) is 7.05 Å². The van der Waals surface area contributed by atoms with E-state index in [-0.39, 0.29) is 0 Å². The lowest BCUT2D eigenvalue weighted by molar-refractivity contribution is 1.43. The third kappa shape index (κ3) is 2.40. The molecule has 0 saturated heterocycles. The molecule has 1 aromatic carbocycles. The van der Waals surface area contributed by atoms with Crippen LogP contribution in [-0.4, -0.2) is 20.3 Å². The molecule has 0 saturated carbocycles. The first kappa shape index (κ1) is 12.2. The van der Waals surface area contributed by atoms with E-state index >= 15 is 0 Å². The van der Waals surface area contributed by atoms with Crippen molar-refractivity contribution in [2.75, 3.05) is 19.4 Å². The largest absolute Gasteiger partial charge is 0.387 e. The van der Waals surface area contributed by atoms with Crippen LogP contribution in [0.3, 0.4) is 0 Å². The van der Waals surface area contributed by atoms with Crippen molar-refractivity contribution in [3.05, 3.63) is 41.5 Å². The molecule has 1 rings (SSSR count). The van der Waals surface area contributed by atoms with E-state index < -0.39 is 0 Å². The van der Waals surface area contributed by atoms with Gasteiger partial charge in [-0.25, -0.2) is 0 Å². The number of rotatable bonds is 4. The van der Waals surface area contributed by atoms with Gasteiger partial charge in [-0.05, 0) is 12.5 Å². The highest BCUT2D eigenvalue weighted by atomic mass is 14.8. The Morgan fingerprint density at radius 3 is 2.50 bits per heavy atom. The Labute approximate surface area is 97.4 Å². The average Bonchev–Trinajstić information content (AvgIpc) is 2.30. The second-order valence-electron chi connectivity index (χ2n) is 3.37. The number of allylic oxidation sites excluding steroid dienone is 1. The molecule has 0 fully saturated rings. The molecular formula is C14H18N2. The lowest BCUT2D eigenvalue weighted by atomic mass is 10.0. The van der Waals surface area contributed by atoms with Crippen LogP contribution in [0, 0.1) is 0 Å². The molecule has 0 spiro atoms. The summed E-state index contributed by atoms with van der Waals surface area (Å²) in [4.78, 5) is 4.06. The number of benzene rings is 1. The molecule has 84 valence electrons. The zero-order valence-electron chi connectivity index (χ0n) is 10.1. The van der Waals surface area contributed by atoms with Gasteiger partial charge in [0.15, 0.2) is 0 Å². The summed E-state index contributed by atoms with van der Waals surface area (Å²) in [5.41, 5.74) is 4.44. The quantitative estimate of drug-likeness (QED) is 0.763. The van der Waals surface area contributed by atoms with Crippen molar-refractivity contribution in [1.29, 1.82) is 0 Å². The summed E-state index contributed by atoms with van der Waals surface area (Å²) < 4.78 is 0. The van der Waals surface area contributed by atoms with Gasteiger partial charge in [-0.2, -0.15) is 0 Å². The number of hydrogen-bond donors (Lipinski definition) is 1. The van der Waals surface area contributed by atoms with Crippen molar-refractivity contribution in [3.8, 4) is 0 Å². The monoisotopic (exact) mass is 214 g/mol. The number of hydrogen-bond acceptors (Lipinski definition) is 2. The van der Waals surface area contributed by atoms with Gasteiger partial charge in [0.05, 0.1) is 5.69 Å². The molecule has 1 aromatic rings. The topological polar surface area (TPSA) is 24.4 Å². The van der Waals surface area contributed by atoms with E-state index in [9.17, 15) is 0 Å². The van der Waals surface area contributed by atoms with E-state index in [1.807, 2.05) is 38.4 Å². The van der Waals surface area contributed by atoms with Crippen molar-refractivity contribution in [3.63, 3.8) is 0 Å². The van der Waals surface area contributed by atoms with E-state index in [0.29, 0.717) is 0 Å². The molecule has 0 amide bonds. The van der Waals surface area contributed by atoms with Crippen molar-refractivity contribution in [1.82, 2.24) is 0 Å². The zero-order chi connectivity index (χ0) is 12.0. The summed E-state index contributed by atoms with van der Waals surface area (Å²) in [7, 11) is 3.69. The Bertz CT molecular complexity index is 429. The summed E-state index contributed by atoms with van der Waals surface area (Å²) in [5.74, 6) is 0. The fourth-order valence-corrected chi connectivity index (χ4v) is 1.70. The predicted octanol–water partition coefficient (Wildman–Crippen LogP) is 3.45. The first-order valence-electron chi connectivity index (χ1n) is 5.30. The lowest BCUT2D eigenvalue weighted by Gasteiger charge is -2.12. The second kappa shape index (κ2) is 5.91. The maximum Gasteiger partial charge on any atom is 0.0506 e. The fraction of sp³-hybridized carbons (Fsp3) is 0.214. The van der Waals surface area contributed by atoms with Crippen LogP contribution >= 0.6 is 0 Å². The normalized spacial score (nSPS) is 11.2. The van der Waals surface area contributed by atoms with Crippen LogP contribution in [0.5, 0.6) is 0 Å². The number of aliphatic imine (C=N–C) groups is 1. The van der Waals surface area contributed by atoms with Crippen molar-refractivity contribution >= 4 is 24.1 Å². The standard InChI is InChI=1S/C14H18N2/c1-5-7-13-11(6-2)8-9-12(10-15-3)14(13)16-4/h5-10,16H,2H2,1,3-4H3/b7-5-,15-10?. The van der Waals surface area contributed by atoms with Crippen LogP contribution in [0.25, 0.3) is 12.2 Å². The average molecular weight is 214 g/mol. The maximum absolute atomic E-state index is 4.06. The Kier molecular flexibility index (Phi) is 4.52. The fourth-order valence-electron chi connectivity index (χ4n) is 1.70. The molecule has 2 heteroatoms. The molecule has 0 bridgehead atoms. The summed E-state index contributed by atoms with van der Waals surface area (Å²) in [5, 5.41) is 3.22. The van der Waals surface area contributed by atoms with Crippen LogP contribution in [0.15, 0.2) is 29.8 Å². The first-order valence-corrected chi connectivity index (χ1v) is 5.30. The summed E-state index contributed by atoms with van der Waals surface area (Å²) in [6.07, 6.45) is 7.82. The minimum atomic E-state index is 1.08. The van der Waals surface area contributed by atoms with E-state index in [0.717, 1.165) is 22.4 Å². The SMILES string of the molecule is C=Cc1ccc(C=NC)c(NC)c1/C=C\C. The number of anilines is 1. The molecule has 0 aliphatic rings. The summed E-state index contributed by atoms with van der Waals surface area (Å²) in [6, 6.07) is 4.10. The molecule has 0 atom stereocenters. The number of nitrogens with zero attached hydrogens (tertiary/aromatic N) is 1. The number of nitrogens with one attached hydrogen (secondary N) is 1. The highest BCUT2D eigenvalue weighted by Crippen LogP contribution is 2.26. The van der Waals surface area contributed by atoms with Crippen LogP contribution in [0.4, 0.5) is 5.69 Å². The first-order chi connectivity index (χ1) is 7.78. The molecule has 2 nitrogen and oxygen atoms in total. The molecular weight excluding hydrogens is 196 g/mol. The van der Waals surface area contributed by atoms with Crippen LogP contribution in [0.1, 0.15) is 23.6 Å². The Hall–Kier alpha value is -1.83. The Morgan fingerprint density at radius 1 is 1.31 bits per heavy atom. The van der Waals surface area contributed by atoms with Gasteiger partial charge in [-0.1, -0.05) is 36.9 Å². The van der Waals surface area contributed by atoms with Gasteiger partial charge in [0.1, 0.15) is 0 Å². The molecule has 0 aromatic heterocycles. The molecule has 1 N–H and O–H groups in total. The van der Waals surface area contributed by atoms with Gasteiger partial charge < -0.3 is 5.32 Å². The molecule has 0 unspecified atom stereocenters. The van der Waals surface area contributed by atoms with E-state index in [4.69, 9.17) is 0 Å². The van der Waals surface area contributed by atoms with Gasteiger partial charge in [0, 0.05) is 31.4 Å². The minimum Gasteiger partial charge on any atom is -0.387 e. The highest BCUT2D eigenvalue weighted by molar-refractivity contribution is 5.93. The van der Waals surface area contributed by atoms with E-state index in [2.05, 4.69) is 29.0 Å². The van der Waals surface area contributed by atoms with Gasteiger partial charge in [0.25, 0.3) is 0 Å². The molecule has 0 aliphatic heterocycles. The Morgan fingerprint density at radius 2 is 2.00 bits per heavy atom. The predicted molar refractivity (Wildman–Crippen MR) is 74.3 cm³/mol. The zero-order valence-corrected chi connectivity index (χ0v) is 10.1. The van der Waals surface area contributed by atoms with Crippen molar-refractivity contribution in [2.24, 2.45) is 4.99 Å². The van der Waals surface area contributed by atoms with Crippen LogP contribution in [-0.2, 0) is 0 Å². The molecule has 0 radical (unpaired) electrons. The lowest BCUT2D eigenvalue weighted by Crippen LogP contribution is -1.99. The third-order valence-corrected chi connectivity index (χ3v) is 2.38. The summed E-state index contributed by atoms with van der Waals surface area (Å²) >= 11 is 0. The van der Waals surface area contributed by atoms with Gasteiger partial charge in [0.2, 0.25) is 0 Å². The maximum atomic E-state index is 4.06. The van der Waals surface area contributed by atoms with Crippen LogP contribution in [0.2, 0.25) is 0 Å². The van der Waals surface area contributed by atoms with Crippen molar-refractivity contribution < 1.29 is 0 Å². The molecule has 0 heterocycles. The van der Waals surface area contributed by atoms with Gasteiger partial charge in [-0.3, -0.25) is 4.99 Å². The third-order valence-electron chi connectivity index (χ3n) is 2.38.